The van der Waals surface area contributed by atoms with Crippen molar-refractivity contribution in [2.45, 2.75) is 25.3 Å². The molecule has 2 aliphatic rings. The largest absolute Gasteiger partial charge is 0.334 e. The van der Waals surface area contributed by atoms with E-state index < -0.39 is 0 Å². The van der Waals surface area contributed by atoms with Crippen molar-refractivity contribution in [2.75, 3.05) is 4.90 Å². The number of fused-ring (bicyclic) bond motifs is 5. The Labute approximate surface area is 137 Å². The van der Waals surface area contributed by atoms with Crippen molar-refractivity contribution in [2.24, 2.45) is 0 Å². The van der Waals surface area contributed by atoms with Crippen molar-refractivity contribution >= 4 is 11.4 Å². The molecule has 1 nitrogen and oxygen atoms in total. The molecule has 0 amide bonds. The van der Waals surface area contributed by atoms with Crippen LogP contribution in [0.1, 0.15) is 18.1 Å². The van der Waals surface area contributed by atoms with Gasteiger partial charge in [0.15, 0.2) is 0 Å². The van der Waals surface area contributed by atoms with Crippen molar-refractivity contribution in [3.05, 3.63) is 83.9 Å². The van der Waals surface area contributed by atoms with E-state index in [9.17, 15) is 0 Å². The minimum absolute atomic E-state index is 0.196. The normalized spacial score (nSPS) is 21.0. The van der Waals surface area contributed by atoms with E-state index >= 15 is 0 Å². The third-order valence-electron chi connectivity index (χ3n) is 5.34. The lowest BCUT2D eigenvalue weighted by Crippen LogP contribution is -2.37. The Morgan fingerprint density at radius 1 is 0.696 bits per heavy atom. The maximum atomic E-state index is 2.56. The molecule has 1 unspecified atom stereocenters. The van der Waals surface area contributed by atoms with E-state index in [-0.39, 0.29) is 5.54 Å². The Kier molecular flexibility index (Phi) is 2.52. The summed E-state index contributed by atoms with van der Waals surface area (Å²) in [4.78, 5) is 2.56. The lowest BCUT2D eigenvalue weighted by atomic mass is 9.91. The van der Waals surface area contributed by atoms with Crippen molar-refractivity contribution in [1.82, 2.24) is 0 Å². The number of benzene rings is 3. The molecule has 23 heavy (non-hydrogen) atoms. The van der Waals surface area contributed by atoms with Crippen LogP contribution in [0.3, 0.4) is 0 Å². The van der Waals surface area contributed by atoms with Crippen LogP contribution in [0.5, 0.6) is 0 Å². The number of nitrogens with zero attached hydrogens (tertiary/aromatic N) is 1. The van der Waals surface area contributed by atoms with E-state index in [1.165, 1.54) is 33.6 Å². The van der Waals surface area contributed by atoms with Crippen LogP contribution in [-0.4, -0.2) is 5.54 Å². The van der Waals surface area contributed by atoms with Crippen LogP contribution in [0.2, 0.25) is 0 Å². The van der Waals surface area contributed by atoms with Crippen molar-refractivity contribution in [3.63, 3.8) is 0 Å². The van der Waals surface area contributed by atoms with Gasteiger partial charge in [0, 0.05) is 11.4 Å². The molecule has 0 aliphatic carbocycles. The van der Waals surface area contributed by atoms with Crippen LogP contribution in [0.4, 0.5) is 11.4 Å². The first kappa shape index (κ1) is 13.0. The molecule has 1 heteroatoms. The summed E-state index contributed by atoms with van der Waals surface area (Å²) in [5.74, 6) is 0. The third-order valence-corrected chi connectivity index (χ3v) is 5.34. The highest BCUT2D eigenvalue weighted by Gasteiger charge is 2.46. The SMILES string of the molecule is CC12Cc3ccccc3N1c1ccc(-c3ccccc3)cc1C2. The summed E-state index contributed by atoms with van der Waals surface area (Å²) in [7, 11) is 0. The molecular formula is C22H19N. The molecule has 0 saturated carbocycles. The Balaban J connectivity index is 1.64. The van der Waals surface area contributed by atoms with Gasteiger partial charge in [0.05, 0.1) is 5.54 Å². The molecule has 0 aromatic heterocycles. The molecule has 0 N–H and O–H groups in total. The fraction of sp³-hybridized carbons (Fsp3) is 0.182. The predicted molar refractivity (Wildman–Crippen MR) is 96.3 cm³/mol. The predicted octanol–water partition coefficient (Wildman–Crippen LogP) is 5.36. The van der Waals surface area contributed by atoms with Gasteiger partial charge in [-0.15, -0.1) is 0 Å². The summed E-state index contributed by atoms with van der Waals surface area (Å²) in [6.07, 6.45) is 2.26. The van der Waals surface area contributed by atoms with Crippen LogP contribution < -0.4 is 4.90 Å². The molecular weight excluding hydrogens is 278 g/mol. The van der Waals surface area contributed by atoms with Crippen molar-refractivity contribution < 1.29 is 0 Å². The van der Waals surface area contributed by atoms with E-state index in [4.69, 9.17) is 0 Å². The van der Waals surface area contributed by atoms with Crippen LogP contribution in [0.25, 0.3) is 11.1 Å². The zero-order chi connectivity index (χ0) is 15.4. The van der Waals surface area contributed by atoms with E-state index in [1.54, 1.807) is 0 Å². The summed E-state index contributed by atoms with van der Waals surface area (Å²) >= 11 is 0. The number of anilines is 2. The maximum absolute atomic E-state index is 2.56. The Hall–Kier alpha value is -2.54. The summed E-state index contributed by atoms with van der Waals surface area (Å²) < 4.78 is 0. The smallest absolute Gasteiger partial charge is 0.0505 e. The molecule has 2 heterocycles. The lowest BCUT2D eigenvalue weighted by molar-refractivity contribution is 0.507. The quantitative estimate of drug-likeness (QED) is 0.584. The summed E-state index contributed by atoms with van der Waals surface area (Å²) in [6, 6.07) is 26.5. The van der Waals surface area contributed by atoms with Crippen LogP contribution in [0, 0.1) is 0 Å². The highest BCUT2D eigenvalue weighted by atomic mass is 15.2. The number of hydrogen-bond donors (Lipinski definition) is 0. The van der Waals surface area contributed by atoms with Crippen LogP contribution >= 0.6 is 0 Å². The Morgan fingerprint density at radius 2 is 1.39 bits per heavy atom. The van der Waals surface area contributed by atoms with Gasteiger partial charge in [-0.3, -0.25) is 0 Å². The van der Waals surface area contributed by atoms with Crippen LogP contribution in [-0.2, 0) is 12.8 Å². The van der Waals surface area contributed by atoms with Gasteiger partial charge in [0.25, 0.3) is 0 Å². The van der Waals surface area contributed by atoms with Gasteiger partial charge < -0.3 is 4.90 Å². The number of hydrogen-bond acceptors (Lipinski definition) is 1. The molecule has 2 aliphatic heterocycles. The number of rotatable bonds is 1. The van der Waals surface area contributed by atoms with Gasteiger partial charge in [0.1, 0.15) is 0 Å². The molecule has 0 radical (unpaired) electrons. The highest BCUT2D eigenvalue weighted by Crippen LogP contribution is 2.52. The fourth-order valence-electron chi connectivity index (χ4n) is 4.39. The first-order valence-electron chi connectivity index (χ1n) is 8.31. The van der Waals surface area contributed by atoms with Gasteiger partial charge in [-0.2, -0.15) is 0 Å². The molecule has 0 fully saturated rings. The fourth-order valence-corrected chi connectivity index (χ4v) is 4.39. The second kappa shape index (κ2) is 4.48. The summed E-state index contributed by atoms with van der Waals surface area (Å²) in [6.45, 7) is 2.40. The molecule has 3 aromatic carbocycles. The first-order chi connectivity index (χ1) is 11.2. The zero-order valence-electron chi connectivity index (χ0n) is 13.3. The second-order valence-electron chi connectivity index (χ2n) is 7.02. The van der Waals surface area contributed by atoms with Gasteiger partial charge >= 0.3 is 0 Å². The summed E-state index contributed by atoms with van der Waals surface area (Å²) in [5, 5.41) is 0. The zero-order valence-corrected chi connectivity index (χ0v) is 13.3. The van der Waals surface area contributed by atoms with Gasteiger partial charge in [-0.05, 0) is 60.2 Å². The monoisotopic (exact) mass is 297 g/mol. The lowest BCUT2D eigenvalue weighted by Gasteiger charge is -2.30. The first-order valence-corrected chi connectivity index (χ1v) is 8.31. The molecule has 0 bridgehead atoms. The van der Waals surface area contributed by atoms with Crippen molar-refractivity contribution in [3.8, 4) is 11.1 Å². The summed E-state index contributed by atoms with van der Waals surface area (Å²) in [5.41, 5.74) is 8.55. The second-order valence-corrected chi connectivity index (χ2v) is 7.02. The van der Waals surface area contributed by atoms with Crippen LogP contribution in [0.15, 0.2) is 72.8 Å². The van der Waals surface area contributed by atoms with Gasteiger partial charge in [0.2, 0.25) is 0 Å². The van der Waals surface area contributed by atoms with Crippen molar-refractivity contribution in [1.29, 1.82) is 0 Å². The topological polar surface area (TPSA) is 3.24 Å². The minimum Gasteiger partial charge on any atom is -0.334 e. The average Bonchev–Trinajstić information content (AvgIpc) is 3.02. The molecule has 0 saturated heterocycles. The van der Waals surface area contributed by atoms with Gasteiger partial charge in [-0.1, -0.05) is 54.6 Å². The Bertz CT molecular complexity index is 897. The molecule has 5 rings (SSSR count). The Morgan fingerprint density at radius 3 is 2.26 bits per heavy atom. The number of para-hydroxylation sites is 1. The molecule has 112 valence electrons. The minimum atomic E-state index is 0.196. The van der Waals surface area contributed by atoms with E-state index in [2.05, 4.69) is 84.6 Å². The highest BCUT2D eigenvalue weighted by molar-refractivity contribution is 5.81. The maximum Gasteiger partial charge on any atom is 0.0505 e. The molecule has 1 atom stereocenters. The third kappa shape index (κ3) is 1.80. The van der Waals surface area contributed by atoms with E-state index in [1.807, 2.05) is 0 Å². The standard InChI is InChI=1S/C22H19N/c1-22-14-18-9-5-6-10-20(18)23(22)21-12-11-17(13-19(21)15-22)16-7-3-2-4-8-16/h2-13H,14-15H2,1H3. The van der Waals surface area contributed by atoms with Gasteiger partial charge in [-0.25, -0.2) is 0 Å². The van der Waals surface area contributed by atoms with E-state index in [0.717, 1.165) is 12.8 Å². The van der Waals surface area contributed by atoms with E-state index in [0.29, 0.717) is 0 Å². The average molecular weight is 297 g/mol. The molecule has 3 aromatic rings. The molecule has 0 spiro atoms.